The Labute approximate surface area is 112 Å². The molecule has 1 unspecified atom stereocenters. The molecular formula is C13H18Cl2FN. The zero-order valence-electron chi connectivity index (χ0n) is 9.98. The fraction of sp³-hybridized carbons (Fsp3) is 0.538. The van der Waals surface area contributed by atoms with Gasteiger partial charge in [-0.3, -0.25) is 0 Å². The Hall–Kier alpha value is -0.310. The topological polar surface area (TPSA) is 12.0 Å². The van der Waals surface area contributed by atoms with Crippen LogP contribution in [0.1, 0.15) is 25.3 Å². The highest BCUT2D eigenvalue weighted by Gasteiger charge is 2.06. The molecule has 0 bridgehead atoms. The van der Waals surface area contributed by atoms with Gasteiger partial charge in [0, 0.05) is 23.0 Å². The van der Waals surface area contributed by atoms with Crippen LogP contribution in [0.5, 0.6) is 0 Å². The predicted molar refractivity (Wildman–Crippen MR) is 72.2 cm³/mol. The van der Waals surface area contributed by atoms with Crippen LogP contribution in [0.15, 0.2) is 18.2 Å². The van der Waals surface area contributed by atoms with Crippen LogP contribution >= 0.6 is 23.2 Å². The summed E-state index contributed by atoms with van der Waals surface area (Å²) in [6.45, 7) is 3.54. The largest absolute Gasteiger partial charge is 0.312 e. The SMILES string of the molecule is CCC(CCCl)CNCc1ccc(Cl)cc1F. The molecule has 4 heteroatoms. The number of hydrogen-bond acceptors (Lipinski definition) is 1. The van der Waals surface area contributed by atoms with E-state index < -0.39 is 0 Å². The molecule has 1 atom stereocenters. The minimum Gasteiger partial charge on any atom is -0.312 e. The van der Waals surface area contributed by atoms with E-state index in [0.29, 0.717) is 28.9 Å². The van der Waals surface area contributed by atoms with Crippen molar-refractivity contribution in [2.75, 3.05) is 12.4 Å². The molecule has 0 aliphatic rings. The Morgan fingerprint density at radius 1 is 1.41 bits per heavy atom. The molecule has 0 aromatic heterocycles. The van der Waals surface area contributed by atoms with E-state index in [2.05, 4.69) is 12.2 Å². The minimum atomic E-state index is -0.254. The molecule has 0 aliphatic carbocycles. The smallest absolute Gasteiger partial charge is 0.129 e. The third kappa shape index (κ3) is 5.24. The average Bonchev–Trinajstić information content (AvgIpc) is 2.30. The summed E-state index contributed by atoms with van der Waals surface area (Å²) < 4.78 is 13.5. The fourth-order valence-corrected chi connectivity index (χ4v) is 2.15. The van der Waals surface area contributed by atoms with Gasteiger partial charge >= 0.3 is 0 Å². The number of halogens is 3. The highest BCUT2D eigenvalue weighted by Crippen LogP contribution is 2.15. The number of rotatable bonds is 7. The maximum Gasteiger partial charge on any atom is 0.129 e. The van der Waals surface area contributed by atoms with Crippen molar-refractivity contribution in [1.29, 1.82) is 0 Å². The van der Waals surface area contributed by atoms with Gasteiger partial charge in [-0.25, -0.2) is 4.39 Å². The first-order valence-corrected chi connectivity index (χ1v) is 6.79. The summed E-state index contributed by atoms with van der Waals surface area (Å²) in [6.07, 6.45) is 2.08. The van der Waals surface area contributed by atoms with Gasteiger partial charge in [-0.15, -0.1) is 11.6 Å². The van der Waals surface area contributed by atoms with Crippen LogP contribution in [0.3, 0.4) is 0 Å². The minimum absolute atomic E-state index is 0.254. The van der Waals surface area contributed by atoms with Gasteiger partial charge < -0.3 is 5.32 Å². The average molecular weight is 278 g/mol. The summed E-state index contributed by atoms with van der Waals surface area (Å²) in [5.41, 5.74) is 0.648. The third-order valence-corrected chi connectivity index (χ3v) is 3.31. The number of alkyl halides is 1. The van der Waals surface area contributed by atoms with Crippen molar-refractivity contribution < 1.29 is 4.39 Å². The molecule has 0 heterocycles. The van der Waals surface area contributed by atoms with Crippen LogP contribution in [0, 0.1) is 11.7 Å². The Balaban J connectivity index is 2.39. The van der Waals surface area contributed by atoms with E-state index in [-0.39, 0.29) is 5.82 Å². The van der Waals surface area contributed by atoms with Crippen LogP contribution in [0.25, 0.3) is 0 Å². The molecule has 0 spiro atoms. The van der Waals surface area contributed by atoms with Gasteiger partial charge in [0.15, 0.2) is 0 Å². The van der Waals surface area contributed by atoms with Gasteiger partial charge in [-0.1, -0.05) is 31.0 Å². The van der Waals surface area contributed by atoms with Gasteiger partial charge in [0.2, 0.25) is 0 Å². The summed E-state index contributed by atoms with van der Waals surface area (Å²) in [7, 11) is 0. The van der Waals surface area contributed by atoms with E-state index in [1.807, 2.05) is 0 Å². The standard InChI is InChI=1S/C13H18Cl2FN/c1-2-10(5-6-14)8-17-9-11-3-4-12(15)7-13(11)16/h3-4,7,10,17H,2,5-6,8-9H2,1H3. The Morgan fingerprint density at radius 2 is 2.18 bits per heavy atom. The van der Waals surface area contributed by atoms with Crippen LogP contribution in [0.4, 0.5) is 4.39 Å². The highest BCUT2D eigenvalue weighted by atomic mass is 35.5. The van der Waals surface area contributed by atoms with Gasteiger partial charge in [0.1, 0.15) is 5.82 Å². The number of benzene rings is 1. The van der Waals surface area contributed by atoms with Crippen molar-refractivity contribution in [2.45, 2.75) is 26.3 Å². The molecule has 1 rings (SSSR count). The zero-order valence-corrected chi connectivity index (χ0v) is 11.5. The second kappa shape index (κ2) is 7.91. The van der Waals surface area contributed by atoms with Gasteiger partial charge in [0.05, 0.1) is 0 Å². The van der Waals surface area contributed by atoms with Gasteiger partial charge in [0.25, 0.3) is 0 Å². The first-order chi connectivity index (χ1) is 8.17. The summed E-state index contributed by atoms with van der Waals surface area (Å²) in [6, 6.07) is 4.76. The monoisotopic (exact) mass is 277 g/mol. The maximum atomic E-state index is 13.5. The molecule has 96 valence electrons. The van der Waals surface area contributed by atoms with E-state index in [0.717, 1.165) is 19.4 Å². The predicted octanol–water partition coefficient (Wildman–Crippen LogP) is 4.22. The second-order valence-corrected chi connectivity index (χ2v) is 4.93. The highest BCUT2D eigenvalue weighted by molar-refractivity contribution is 6.30. The van der Waals surface area contributed by atoms with E-state index in [1.54, 1.807) is 12.1 Å². The lowest BCUT2D eigenvalue weighted by Crippen LogP contribution is -2.23. The Bertz CT molecular complexity index is 344. The first kappa shape index (κ1) is 14.7. The first-order valence-electron chi connectivity index (χ1n) is 5.88. The summed E-state index contributed by atoms with van der Waals surface area (Å²) in [4.78, 5) is 0. The van der Waals surface area contributed by atoms with Crippen molar-refractivity contribution in [2.24, 2.45) is 5.92 Å². The summed E-state index contributed by atoms with van der Waals surface area (Å²) >= 11 is 11.4. The molecule has 1 nitrogen and oxygen atoms in total. The van der Waals surface area contributed by atoms with Crippen LogP contribution in [-0.2, 0) is 6.54 Å². The van der Waals surface area contributed by atoms with Crippen molar-refractivity contribution in [3.05, 3.63) is 34.6 Å². The van der Waals surface area contributed by atoms with E-state index >= 15 is 0 Å². The Morgan fingerprint density at radius 3 is 2.76 bits per heavy atom. The van der Waals surface area contributed by atoms with Crippen molar-refractivity contribution in [1.82, 2.24) is 5.32 Å². The quantitative estimate of drug-likeness (QED) is 0.736. The lowest BCUT2D eigenvalue weighted by atomic mass is 10.0. The molecule has 0 fully saturated rings. The van der Waals surface area contributed by atoms with E-state index in [9.17, 15) is 4.39 Å². The van der Waals surface area contributed by atoms with Gasteiger partial charge in [-0.2, -0.15) is 0 Å². The van der Waals surface area contributed by atoms with Crippen molar-refractivity contribution in [3.8, 4) is 0 Å². The normalized spacial score (nSPS) is 12.7. The molecule has 1 N–H and O–H groups in total. The molecule has 0 aliphatic heterocycles. The third-order valence-electron chi connectivity index (χ3n) is 2.86. The fourth-order valence-electron chi connectivity index (χ4n) is 1.68. The molecule has 1 aromatic carbocycles. The molecule has 0 saturated carbocycles. The van der Waals surface area contributed by atoms with Crippen molar-refractivity contribution in [3.63, 3.8) is 0 Å². The molecule has 0 saturated heterocycles. The van der Waals surface area contributed by atoms with Crippen LogP contribution in [-0.4, -0.2) is 12.4 Å². The van der Waals surface area contributed by atoms with Crippen LogP contribution in [0.2, 0.25) is 5.02 Å². The maximum absolute atomic E-state index is 13.5. The lowest BCUT2D eigenvalue weighted by Gasteiger charge is -2.14. The molecule has 0 radical (unpaired) electrons. The lowest BCUT2D eigenvalue weighted by molar-refractivity contribution is 0.448. The second-order valence-electron chi connectivity index (χ2n) is 4.12. The molecular weight excluding hydrogens is 260 g/mol. The van der Waals surface area contributed by atoms with E-state index in [1.165, 1.54) is 6.07 Å². The van der Waals surface area contributed by atoms with Gasteiger partial charge in [-0.05, 0) is 31.0 Å². The molecule has 0 amide bonds. The number of nitrogens with one attached hydrogen (secondary N) is 1. The zero-order chi connectivity index (χ0) is 12.7. The van der Waals surface area contributed by atoms with E-state index in [4.69, 9.17) is 23.2 Å². The number of hydrogen-bond donors (Lipinski definition) is 1. The summed E-state index contributed by atoms with van der Waals surface area (Å²) in [5, 5.41) is 3.69. The molecule has 1 aromatic rings. The van der Waals surface area contributed by atoms with Crippen molar-refractivity contribution >= 4 is 23.2 Å². The van der Waals surface area contributed by atoms with Crippen LogP contribution < -0.4 is 5.32 Å². The summed E-state index contributed by atoms with van der Waals surface area (Å²) in [5.74, 6) is 0.980. The molecule has 17 heavy (non-hydrogen) atoms. The Kier molecular flexibility index (Phi) is 6.86.